The zero-order valence-corrected chi connectivity index (χ0v) is 16.3. The Morgan fingerprint density at radius 2 is 1.74 bits per heavy atom. The molecule has 0 unspecified atom stereocenters. The Hall–Kier alpha value is -2.22. The minimum Gasteiger partial charge on any atom is -0.480 e. The van der Waals surface area contributed by atoms with Crippen LogP contribution in [0.15, 0.2) is 29.1 Å². The molecule has 1 fully saturated rings. The Kier molecular flexibility index (Phi) is 5.94. The van der Waals surface area contributed by atoms with E-state index in [1.165, 1.54) is 0 Å². The monoisotopic (exact) mass is 391 g/mol. The van der Waals surface area contributed by atoms with Crippen LogP contribution in [0, 0.1) is 0 Å². The van der Waals surface area contributed by atoms with E-state index in [4.69, 9.17) is 0 Å². The summed E-state index contributed by atoms with van der Waals surface area (Å²) < 4.78 is 3.33. The van der Waals surface area contributed by atoms with E-state index >= 15 is 0 Å². The van der Waals surface area contributed by atoms with Gasteiger partial charge >= 0.3 is 11.7 Å². The lowest BCUT2D eigenvalue weighted by Gasteiger charge is -2.33. The molecule has 0 radical (unpaired) electrons. The van der Waals surface area contributed by atoms with Crippen LogP contribution in [0.2, 0.25) is 0 Å². The van der Waals surface area contributed by atoms with Gasteiger partial charge in [0.2, 0.25) is 5.91 Å². The number of carbonyl (C=O) groups excluding carboxylic acids is 1. The Bertz CT molecular complexity index is 896. The molecular formula is C19H25N3O4S. The van der Waals surface area contributed by atoms with Crippen LogP contribution in [0.3, 0.4) is 0 Å². The van der Waals surface area contributed by atoms with Gasteiger partial charge in [-0.15, -0.1) is 0 Å². The standard InChI is InChI=1S/C19H25N3O4S/c1-2-10-21-14-5-3-4-6-15(14)22(18(21)26)11-7-16(23)20-19(17(24)25)8-12-27-13-9-19/h3-6H,2,7-13H2,1H3,(H,20,23)(H,24,25). The summed E-state index contributed by atoms with van der Waals surface area (Å²) in [5.41, 5.74) is 0.346. The van der Waals surface area contributed by atoms with Crippen molar-refractivity contribution in [3.63, 3.8) is 0 Å². The van der Waals surface area contributed by atoms with E-state index in [9.17, 15) is 19.5 Å². The van der Waals surface area contributed by atoms with E-state index in [2.05, 4.69) is 5.32 Å². The Morgan fingerprint density at radius 3 is 2.30 bits per heavy atom. The number of thioether (sulfide) groups is 1. The number of carboxylic acids is 1. The average molecular weight is 391 g/mol. The molecule has 7 nitrogen and oxygen atoms in total. The van der Waals surface area contributed by atoms with Crippen molar-refractivity contribution in [1.82, 2.24) is 14.5 Å². The van der Waals surface area contributed by atoms with Gasteiger partial charge in [-0.05, 0) is 42.9 Å². The average Bonchev–Trinajstić information content (AvgIpc) is 2.93. The number of aryl methyl sites for hydroxylation is 2. The van der Waals surface area contributed by atoms with Crippen molar-refractivity contribution in [2.24, 2.45) is 0 Å². The second kappa shape index (κ2) is 8.21. The first-order valence-corrected chi connectivity index (χ1v) is 10.4. The molecule has 0 atom stereocenters. The Morgan fingerprint density at radius 1 is 1.15 bits per heavy atom. The largest absolute Gasteiger partial charge is 0.480 e. The minimum atomic E-state index is -1.18. The number of carboxylic acid groups (broad SMARTS) is 1. The SMILES string of the molecule is CCCn1c(=O)n(CCC(=O)NC2(C(=O)O)CCSCC2)c2ccccc21. The van der Waals surface area contributed by atoms with Gasteiger partial charge in [-0.1, -0.05) is 19.1 Å². The van der Waals surface area contributed by atoms with Crippen LogP contribution in [0.5, 0.6) is 0 Å². The molecule has 1 aliphatic heterocycles. The van der Waals surface area contributed by atoms with Crippen LogP contribution in [0.25, 0.3) is 11.0 Å². The van der Waals surface area contributed by atoms with Crippen molar-refractivity contribution < 1.29 is 14.7 Å². The van der Waals surface area contributed by atoms with Gasteiger partial charge in [-0.25, -0.2) is 9.59 Å². The van der Waals surface area contributed by atoms with E-state index in [0.29, 0.717) is 19.4 Å². The molecule has 1 amide bonds. The van der Waals surface area contributed by atoms with Gasteiger partial charge in [0.15, 0.2) is 0 Å². The zero-order valence-electron chi connectivity index (χ0n) is 15.4. The lowest BCUT2D eigenvalue weighted by Crippen LogP contribution is -2.56. The molecule has 0 saturated carbocycles. The van der Waals surface area contributed by atoms with E-state index in [1.807, 2.05) is 31.2 Å². The highest BCUT2D eigenvalue weighted by Crippen LogP contribution is 2.27. The smallest absolute Gasteiger partial charge is 0.329 e. The molecule has 1 saturated heterocycles. The number of aliphatic carboxylic acids is 1. The predicted octanol–water partition coefficient (Wildman–Crippen LogP) is 2.07. The fourth-order valence-corrected chi connectivity index (χ4v) is 4.77. The van der Waals surface area contributed by atoms with Crippen molar-refractivity contribution >= 4 is 34.7 Å². The molecule has 2 N–H and O–H groups in total. The molecule has 2 heterocycles. The number of benzene rings is 1. The minimum absolute atomic E-state index is 0.0716. The zero-order chi connectivity index (χ0) is 19.4. The number of hydrogen-bond donors (Lipinski definition) is 2. The maximum atomic E-state index is 12.7. The molecule has 0 aliphatic carbocycles. The van der Waals surface area contributed by atoms with Gasteiger partial charge in [0, 0.05) is 19.5 Å². The summed E-state index contributed by atoms with van der Waals surface area (Å²) in [6.45, 7) is 2.87. The van der Waals surface area contributed by atoms with Crippen LogP contribution >= 0.6 is 11.8 Å². The maximum Gasteiger partial charge on any atom is 0.329 e. The number of amides is 1. The molecule has 1 aromatic heterocycles. The molecule has 27 heavy (non-hydrogen) atoms. The highest BCUT2D eigenvalue weighted by Gasteiger charge is 2.41. The van der Waals surface area contributed by atoms with Crippen LogP contribution in [0.4, 0.5) is 0 Å². The summed E-state index contributed by atoms with van der Waals surface area (Å²) in [5, 5.41) is 12.3. The second-order valence-corrected chi connectivity index (χ2v) is 8.10. The lowest BCUT2D eigenvalue weighted by molar-refractivity contribution is -0.148. The molecule has 8 heteroatoms. The van der Waals surface area contributed by atoms with Crippen molar-refractivity contribution in [1.29, 1.82) is 0 Å². The number of nitrogens with zero attached hydrogens (tertiary/aromatic N) is 2. The maximum absolute atomic E-state index is 12.7. The summed E-state index contributed by atoms with van der Waals surface area (Å²) in [6, 6.07) is 7.54. The Balaban J connectivity index is 1.77. The van der Waals surface area contributed by atoms with Crippen LogP contribution in [-0.2, 0) is 22.7 Å². The summed E-state index contributed by atoms with van der Waals surface area (Å²) in [4.78, 5) is 36.9. The molecule has 146 valence electrons. The normalized spacial score (nSPS) is 16.3. The molecule has 1 aromatic carbocycles. The molecule has 3 rings (SSSR count). The predicted molar refractivity (Wildman–Crippen MR) is 106 cm³/mol. The van der Waals surface area contributed by atoms with Gasteiger partial charge in [-0.3, -0.25) is 13.9 Å². The first-order chi connectivity index (χ1) is 13.0. The van der Waals surface area contributed by atoms with Crippen LogP contribution < -0.4 is 11.0 Å². The third-order valence-electron chi connectivity index (χ3n) is 5.07. The summed E-state index contributed by atoms with van der Waals surface area (Å²) >= 11 is 1.70. The summed E-state index contributed by atoms with van der Waals surface area (Å²) in [6.07, 6.45) is 1.76. The van der Waals surface area contributed by atoms with E-state index < -0.39 is 11.5 Å². The van der Waals surface area contributed by atoms with Gasteiger partial charge in [0.1, 0.15) is 5.54 Å². The van der Waals surface area contributed by atoms with E-state index in [-0.39, 0.29) is 24.6 Å². The highest BCUT2D eigenvalue weighted by molar-refractivity contribution is 7.99. The number of hydrogen-bond acceptors (Lipinski definition) is 4. The molecule has 0 bridgehead atoms. The topological polar surface area (TPSA) is 93.3 Å². The number of fused-ring (bicyclic) bond motifs is 1. The number of rotatable bonds is 7. The highest BCUT2D eigenvalue weighted by atomic mass is 32.2. The fraction of sp³-hybridized carbons (Fsp3) is 0.526. The van der Waals surface area contributed by atoms with Gasteiger partial charge in [0.25, 0.3) is 0 Å². The third kappa shape index (κ3) is 3.90. The molecule has 1 aliphatic rings. The van der Waals surface area contributed by atoms with Crippen LogP contribution in [0.1, 0.15) is 32.6 Å². The fourth-order valence-electron chi connectivity index (χ4n) is 3.58. The van der Waals surface area contributed by atoms with Gasteiger partial charge in [-0.2, -0.15) is 11.8 Å². The first-order valence-electron chi connectivity index (χ1n) is 9.29. The quantitative estimate of drug-likeness (QED) is 0.754. The lowest BCUT2D eigenvalue weighted by atomic mass is 9.92. The van der Waals surface area contributed by atoms with Crippen LogP contribution in [-0.4, -0.2) is 43.2 Å². The second-order valence-electron chi connectivity index (χ2n) is 6.87. The number of nitrogens with one attached hydrogen (secondary N) is 1. The van der Waals surface area contributed by atoms with E-state index in [0.717, 1.165) is 29.0 Å². The summed E-state index contributed by atoms with van der Waals surface area (Å²) in [5.74, 6) is 0.129. The molecular weight excluding hydrogens is 366 g/mol. The molecule has 2 aromatic rings. The van der Waals surface area contributed by atoms with Crippen molar-refractivity contribution in [2.45, 2.75) is 51.2 Å². The third-order valence-corrected chi connectivity index (χ3v) is 6.05. The van der Waals surface area contributed by atoms with Gasteiger partial charge in [0.05, 0.1) is 11.0 Å². The van der Waals surface area contributed by atoms with Crippen molar-refractivity contribution in [3.8, 4) is 0 Å². The number of para-hydroxylation sites is 2. The number of imidazole rings is 1. The van der Waals surface area contributed by atoms with Crippen molar-refractivity contribution in [3.05, 3.63) is 34.7 Å². The van der Waals surface area contributed by atoms with Crippen molar-refractivity contribution in [2.75, 3.05) is 11.5 Å². The Labute approximate surface area is 161 Å². The summed E-state index contributed by atoms with van der Waals surface area (Å²) in [7, 11) is 0. The molecule has 0 spiro atoms. The number of aromatic nitrogens is 2. The number of carbonyl (C=O) groups is 2. The van der Waals surface area contributed by atoms with E-state index in [1.54, 1.807) is 20.9 Å². The first kappa shape index (κ1) is 19.5. The van der Waals surface area contributed by atoms with Gasteiger partial charge < -0.3 is 10.4 Å².